The van der Waals surface area contributed by atoms with Gasteiger partial charge in [-0.3, -0.25) is 4.79 Å². The Morgan fingerprint density at radius 1 is 1.19 bits per heavy atom. The van der Waals surface area contributed by atoms with Gasteiger partial charge in [-0.2, -0.15) is 0 Å². The van der Waals surface area contributed by atoms with Gasteiger partial charge in [0.1, 0.15) is 0 Å². The Bertz CT molecular complexity index is 345. The number of piperidine rings is 2. The van der Waals surface area contributed by atoms with Crippen molar-refractivity contribution in [2.45, 2.75) is 65.0 Å². The molecule has 0 aliphatic carbocycles. The fourth-order valence-electron chi connectivity index (χ4n) is 3.67. The zero-order chi connectivity index (χ0) is 15.4. The lowest BCUT2D eigenvalue weighted by Crippen LogP contribution is -2.52. The molecule has 2 fully saturated rings. The minimum absolute atomic E-state index is 0.154. The highest BCUT2D eigenvalue weighted by atomic mass is 16.2. The molecule has 0 aromatic heterocycles. The molecule has 4 heteroatoms. The molecule has 0 aromatic carbocycles. The van der Waals surface area contributed by atoms with Gasteiger partial charge in [-0.05, 0) is 51.0 Å². The first-order chi connectivity index (χ1) is 9.99. The van der Waals surface area contributed by atoms with Gasteiger partial charge in [-0.1, -0.05) is 20.3 Å². The first-order valence-electron chi connectivity index (χ1n) is 8.77. The number of amides is 1. The van der Waals surface area contributed by atoms with Crippen LogP contribution in [0.15, 0.2) is 0 Å². The third-order valence-electron chi connectivity index (χ3n) is 5.27. The Balaban J connectivity index is 1.87. The van der Waals surface area contributed by atoms with Crippen LogP contribution in [0.1, 0.15) is 52.9 Å². The molecule has 0 radical (unpaired) electrons. The molecule has 0 saturated carbocycles. The maximum absolute atomic E-state index is 12.4. The summed E-state index contributed by atoms with van der Waals surface area (Å²) >= 11 is 0. The van der Waals surface area contributed by atoms with Gasteiger partial charge < -0.3 is 15.5 Å². The van der Waals surface area contributed by atoms with Crippen molar-refractivity contribution in [3.63, 3.8) is 0 Å². The summed E-state index contributed by atoms with van der Waals surface area (Å²) in [6.45, 7) is 10.6. The molecule has 2 rings (SSSR count). The minimum Gasteiger partial charge on any atom is -0.341 e. The van der Waals surface area contributed by atoms with E-state index in [-0.39, 0.29) is 17.9 Å². The van der Waals surface area contributed by atoms with E-state index in [9.17, 15) is 4.79 Å². The predicted octanol–water partition coefficient (Wildman–Crippen LogP) is 2.08. The molecule has 0 bridgehead atoms. The second kappa shape index (κ2) is 7.59. The second-order valence-electron chi connectivity index (χ2n) is 7.40. The van der Waals surface area contributed by atoms with Crippen LogP contribution in [0, 0.1) is 11.8 Å². The molecule has 3 atom stereocenters. The number of hydrogen-bond acceptors (Lipinski definition) is 3. The van der Waals surface area contributed by atoms with Crippen molar-refractivity contribution < 1.29 is 4.79 Å². The lowest BCUT2D eigenvalue weighted by molar-refractivity contribution is -0.135. The first-order valence-corrected chi connectivity index (χ1v) is 8.77. The van der Waals surface area contributed by atoms with Crippen LogP contribution in [0.5, 0.6) is 0 Å². The normalized spacial score (nSPS) is 29.7. The molecule has 0 unspecified atom stereocenters. The minimum atomic E-state index is -0.335. The van der Waals surface area contributed by atoms with Crippen LogP contribution in [-0.4, -0.2) is 54.0 Å². The summed E-state index contributed by atoms with van der Waals surface area (Å²) in [6, 6.07) is 0.375. The molecular formula is C17H33N3O. The van der Waals surface area contributed by atoms with Gasteiger partial charge in [0.05, 0.1) is 6.04 Å². The summed E-state index contributed by atoms with van der Waals surface area (Å²) in [5, 5.41) is 0. The van der Waals surface area contributed by atoms with Crippen LogP contribution in [-0.2, 0) is 4.79 Å². The molecule has 2 aliphatic heterocycles. The zero-order valence-corrected chi connectivity index (χ0v) is 14.1. The highest BCUT2D eigenvalue weighted by molar-refractivity contribution is 5.82. The molecule has 21 heavy (non-hydrogen) atoms. The largest absolute Gasteiger partial charge is 0.341 e. The van der Waals surface area contributed by atoms with Crippen LogP contribution in [0.2, 0.25) is 0 Å². The lowest BCUT2D eigenvalue weighted by atomic mass is 9.93. The van der Waals surface area contributed by atoms with Crippen molar-refractivity contribution in [1.29, 1.82) is 0 Å². The average molecular weight is 295 g/mol. The molecule has 2 heterocycles. The standard InChI is InChI=1S/C17H33N3O/c1-13(2)16(18)17(21)20-10-6-8-15(12-20)11-19-9-5-4-7-14(19)3/h13-16H,4-12,18H2,1-3H3/t14-,15+,16-/m0/s1. The van der Waals surface area contributed by atoms with Gasteiger partial charge in [0.15, 0.2) is 0 Å². The highest BCUT2D eigenvalue weighted by Crippen LogP contribution is 2.23. The Morgan fingerprint density at radius 3 is 2.62 bits per heavy atom. The van der Waals surface area contributed by atoms with E-state index in [0.717, 1.165) is 26.1 Å². The van der Waals surface area contributed by atoms with E-state index in [2.05, 4.69) is 11.8 Å². The third-order valence-corrected chi connectivity index (χ3v) is 5.27. The number of carbonyl (C=O) groups excluding carboxylic acids is 1. The summed E-state index contributed by atoms with van der Waals surface area (Å²) < 4.78 is 0. The van der Waals surface area contributed by atoms with E-state index < -0.39 is 0 Å². The SMILES string of the molecule is CC(C)[C@H](N)C(=O)N1CCC[C@H](CN2CCCC[C@@H]2C)C1. The van der Waals surface area contributed by atoms with E-state index in [0.29, 0.717) is 12.0 Å². The van der Waals surface area contributed by atoms with Crippen molar-refractivity contribution in [3.05, 3.63) is 0 Å². The summed E-state index contributed by atoms with van der Waals surface area (Å²) in [5.41, 5.74) is 6.04. The third kappa shape index (κ3) is 4.43. The van der Waals surface area contributed by atoms with E-state index >= 15 is 0 Å². The average Bonchev–Trinajstić information content (AvgIpc) is 2.48. The summed E-state index contributed by atoms with van der Waals surface area (Å²) in [6.07, 6.45) is 6.41. The van der Waals surface area contributed by atoms with Gasteiger partial charge in [-0.25, -0.2) is 0 Å². The van der Waals surface area contributed by atoms with Crippen LogP contribution >= 0.6 is 0 Å². The van der Waals surface area contributed by atoms with Crippen LogP contribution in [0.4, 0.5) is 0 Å². The van der Waals surface area contributed by atoms with Crippen LogP contribution in [0.25, 0.3) is 0 Å². The number of nitrogens with two attached hydrogens (primary N) is 1. The fourth-order valence-corrected chi connectivity index (χ4v) is 3.67. The summed E-state index contributed by atoms with van der Waals surface area (Å²) in [5.74, 6) is 1.00. The van der Waals surface area contributed by atoms with Crippen molar-refractivity contribution in [3.8, 4) is 0 Å². The van der Waals surface area contributed by atoms with Crippen molar-refractivity contribution in [2.75, 3.05) is 26.2 Å². The van der Waals surface area contributed by atoms with E-state index in [1.54, 1.807) is 0 Å². The molecule has 0 spiro atoms. The quantitative estimate of drug-likeness (QED) is 0.864. The molecule has 0 aromatic rings. The monoisotopic (exact) mass is 295 g/mol. The lowest BCUT2D eigenvalue weighted by Gasteiger charge is -2.40. The first kappa shape index (κ1) is 16.8. The van der Waals surface area contributed by atoms with Crippen molar-refractivity contribution in [2.24, 2.45) is 17.6 Å². The Morgan fingerprint density at radius 2 is 1.95 bits per heavy atom. The van der Waals surface area contributed by atoms with Gasteiger partial charge in [0, 0.05) is 25.7 Å². The molecule has 1 amide bonds. The summed E-state index contributed by atoms with van der Waals surface area (Å²) in [4.78, 5) is 17.1. The predicted molar refractivity (Wildman–Crippen MR) is 87.0 cm³/mol. The number of hydrogen-bond donors (Lipinski definition) is 1. The van der Waals surface area contributed by atoms with E-state index in [1.165, 1.54) is 32.2 Å². The maximum Gasteiger partial charge on any atom is 0.239 e. The van der Waals surface area contributed by atoms with Gasteiger partial charge >= 0.3 is 0 Å². The van der Waals surface area contributed by atoms with E-state index in [1.807, 2.05) is 18.7 Å². The van der Waals surface area contributed by atoms with E-state index in [4.69, 9.17) is 5.73 Å². The highest BCUT2D eigenvalue weighted by Gasteiger charge is 2.30. The van der Waals surface area contributed by atoms with Crippen LogP contribution < -0.4 is 5.73 Å². The zero-order valence-electron chi connectivity index (χ0n) is 14.1. The fraction of sp³-hybridized carbons (Fsp3) is 0.941. The number of likely N-dealkylation sites (tertiary alicyclic amines) is 2. The Kier molecular flexibility index (Phi) is 6.06. The molecular weight excluding hydrogens is 262 g/mol. The second-order valence-corrected chi connectivity index (χ2v) is 7.40. The van der Waals surface area contributed by atoms with Crippen LogP contribution in [0.3, 0.4) is 0 Å². The van der Waals surface area contributed by atoms with Gasteiger partial charge in [0.2, 0.25) is 5.91 Å². The number of rotatable bonds is 4. The molecule has 2 saturated heterocycles. The molecule has 4 nitrogen and oxygen atoms in total. The van der Waals surface area contributed by atoms with Crippen molar-refractivity contribution in [1.82, 2.24) is 9.80 Å². The Labute approximate surface area is 130 Å². The van der Waals surface area contributed by atoms with Gasteiger partial charge in [-0.15, -0.1) is 0 Å². The topological polar surface area (TPSA) is 49.6 Å². The Hall–Kier alpha value is -0.610. The van der Waals surface area contributed by atoms with Crippen molar-refractivity contribution >= 4 is 5.91 Å². The number of nitrogens with zero attached hydrogens (tertiary/aromatic N) is 2. The maximum atomic E-state index is 12.4. The molecule has 122 valence electrons. The molecule has 2 aliphatic rings. The summed E-state index contributed by atoms with van der Waals surface area (Å²) in [7, 11) is 0. The van der Waals surface area contributed by atoms with Gasteiger partial charge in [0.25, 0.3) is 0 Å². The smallest absolute Gasteiger partial charge is 0.239 e. The molecule has 2 N–H and O–H groups in total. The number of carbonyl (C=O) groups is 1.